The van der Waals surface area contributed by atoms with Crippen LogP contribution in [0.5, 0.6) is 0 Å². The minimum Gasteiger partial charge on any atom is -0.481 e. The highest BCUT2D eigenvalue weighted by Crippen LogP contribution is 2.20. The second-order valence-electron chi connectivity index (χ2n) is 5.04. The van der Waals surface area contributed by atoms with Crippen molar-refractivity contribution in [2.24, 2.45) is 0 Å². The molecule has 1 rings (SSSR count). The summed E-state index contributed by atoms with van der Waals surface area (Å²) in [4.78, 5) is 10.7. The lowest BCUT2D eigenvalue weighted by atomic mass is 10.1. The number of carboxylic acids is 1. The summed E-state index contributed by atoms with van der Waals surface area (Å²) in [7, 11) is -0.606. The fourth-order valence-corrected chi connectivity index (χ4v) is 5.68. The van der Waals surface area contributed by atoms with E-state index in [1.54, 1.807) is 0 Å². The molecule has 1 aromatic carbocycles. The van der Waals surface area contributed by atoms with Crippen molar-refractivity contribution in [3.63, 3.8) is 0 Å². The van der Waals surface area contributed by atoms with Gasteiger partial charge in [-0.05, 0) is 16.6 Å². The van der Waals surface area contributed by atoms with Crippen molar-refractivity contribution >= 4 is 20.0 Å². The highest BCUT2D eigenvalue weighted by atomic mass is 28.3. The Bertz CT molecular complexity index is 378. The normalized spacial score (nSPS) is 11.5. The summed E-state index contributed by atoms with van der Waals surface area (Å²) in [6, 6.07) is 8.13. The summed E-state index contributed by atoms with van der Waals surface area (Å²) in [6.07, 6.45) is 0.124. The van der Waals surface area contributed by atoms with Gasteiger partial charge in [0.15, 0.2) is 0 Å². The third kappa shape index (κ3) is 4.00. The predicted molar refractivity (Wildman–Crippen MR) is 73.4 cm³/mol. The monoisotopic (exact) mass is 249 g/mol. The molecule has 0 aliphatic carbocycles. The van der Waals surface area contributed by atoms with Gasteiger partial charge in [-0.2, -0.15) is 0 Å². The second kappa shape index (κ2) is 6.01. The van der Waals surface area contributed by atoms with Crippen molar-refractivity contribution < 1.29 is 9.90 Å². The fraction of sp³-hybridized carbons (Fsp3) is 0.500. The zero-order valence-corrected chi connectivity index (χ0v) is 12.0. The molecule has 3 heteroatoms. The van der Waals surface area contributed by atoms with Crippen molar-refractivity contribution in [1.82, 2.24) is 0 Å². The van der Waals surface area contributed by atoms with Crippen LogP contribution >= 0.6 is 0 Å². The van der Waals surface area contributed by atoms with Gasteiger partial charge in [0.2, 0.25) is 0 Å². The summed E-state index contributed by atoms with van der Waals surface area (Å²) >= 11 is 0. The number of hydrogen-bond donors (Lipinski definition) is 1. The number of benzene rings is 1. The van der Waals surface area contributed by atoms with E-state index in [1.165, 1.54) is 5.19 Å². The zero-order chi connectivity index (χ0) is 13.0. The Morgan fingerprint density at radius 2 is 1.82 bits per heavy atom. The average Bonchev–Trinajstić information content (AvgIpc) is 2.15. The lowest BCUT2D eigenvalue weighted by Gasteiger charge is -2.23. The van der Waals surface area contributed by atoms with Crippen molar-refractivity contribution in [3.8, 4) is 0 Å². The van der Waals surface area contributed by atoms with E-state index in [0.717, 1.165) is 5.56 Å². The molecule has 0 atom stereocenters. The van der Waals surface area contributed by atoms with Crippen molar-refractivity contribution in [2.75, 3.05) is 0 Å². The van der Waals surface area contributed by atoms with Crippen LogP contribution in [0.1, 0.15) is 33.3 Å². The average molecular weight is 249 g/mol. The molecular formula is C14H21O2Si. The van der Waals surface area contributed by atoms with E-state index >= 15 is 0 Å². The van der Waals surface area contributed by atoms with Gasteiger partial charge in [-0.1, -0.05) is 57.1 Å². The Hall–Kier alpha value is -1.09. The number of hydrogen-bond acceptors (Lipinski definition) is 1. The molecule has 0 unspecified atom stereocenters. The number of aliphatic carboxylic acids is 1. The first-order chi connectivity index (χ1) is 7.91. The van der Waals surface area contributed by atoms with Gasteiger partial charge in [0.25, 0.3) is 0 Å². The van der Waals surface area contributed by atoms with Gasteiger partial charge >= 0.3 is 5.97 Å². The van der Waals surface area contributed by atoms with E-state index in [1.807, 2.05) is 12.1 Å². The molecule has 2 nitrogen and oxygen atoms in total. The highest BCUT2D eigenvalue weighted by Gasteiger charge is 2.22. The van der Waals surface area contributed by atoms with Crippen LogP contribution < -0.4 is 5.19 Å². The Morgan fingerprint density at radius 1 is 1.24 bits per heavy atom. The molecule has 17 heavy (non-hydrogen) atoms. The van der Waals surface area contributed by atoms with Crippen LogP contribution in [0.15, 0.2) is 24.3 Å². The van der Waals surface area contributed by atoms with E-state index in [0.29, 0.717) is 11.1 Å². The Morgan fingerprint density at radius 3 is 2.29 bits per heavy atom. The van der Waals surface area contributed by atoms with Crippen LogP contribution in [0.2, 0.25) is 11.1 Å². The summed E-state index contributed by atoms with van der Waals surface area (Å²) in [6.45, 7) is 9.05. The van der Waals surface area contributed by atoms with Crippen LogP contribution in [-0.2, 0) is 11.2 Å². The molecule has 1 aromatic rings. The second-order valence-corrected chi connectivity index (χ2v) is 8.83. The standard InChI is InChI=1S/C14H21O2Si/c1-10(2)17(11(3)4)13-7-5-6-12(8-13)9-14(15)16/h5-8,10-11H,9H2,1-4H3,(H,15,16). The Balaban J connectivity index is 3.00. The molecule has 0 aliphatic heterocycles. The van der Waals surface area contributed by atoms with Crippen LogP contribution in [-0.4, -0.2) is 19.9 Å². The van der Waals surface area contributed by atoms with Crippen LogP contribution in [0.3, 0.4) is 0 Å². The highest BCUT2D eigenvalue weighted by molar-refractivity contribution is 6.75. The minimum absolute atomic E-state index is 0.124. The molecule has 0 heterocycles. The third-order valence-corrected chi connectivity index (χ3v) is 6.33. The summed E-state index contributed by atoms with van der Waals surface area (Å²) < 4.78 is 0. The molecule has 0 saturated carbocycles. The van der Waals surface area contributed by atoms with Gasteiger partial charge in [0.1, 0.15) is 0 Å². The summed E-state index contributed by atoms with van der Waals surface area (Å²) in [5.41, 5.74) is 2.25. The first kappa shape index (κ1) is 14.0. The Labute approximate surface area is 105 Å². The SMILES string of the molecule is CC(C)[Si](c1cccc(CC(=O)O)c1)C(C)C. The fourth-order valence-electron chi connectivity index (χ4n) is 2.37. The molecule has 0 amide bonds. The van der Waals surface area contributed by atoms with Gasteiger partial charge in [-0.3, -0.25) is 4.79 Å². The maximum atomic E-state index is 10.7. The summed E-state index contributed by atoms with van der Waals surface area (Å²) in [5.74, 6) is -0.759. The molecule has 0 spiro atoms. The molecule has 0 saturated heterocycles. The summed E-state index contributed by atoms with van der Waals surface area (Å²) in [5, 5.41) is 10.2. The molecule has 93 valence electrons. The lowest BCUT2D eigenvalue weighted by Crippen LogP contribution is -2.36. The quantitative estimate of drug-likeness (QED) is 0.815. The van der Waals surface area contributed by atoms with E-state index in [2.05, 4.69) is 39.8 Å². The third-order valence-electron chi connectivity index (χ3n) is 2.86. The van der Waals surface area contributed by atoms with Gasteiger partial charge in [0.05, 0.1) is 15.2 Å². The molecule has 1 N–H and O–H groups in total. The van der Waals surface area contributed by atoms with Gasteiger partial charge in [0, 0.05) is 0 Å². The van der Waals surface area contributed by atoms with Crippen molar-refractivity contribution in [1.29, 1.82) is 0 Å². The van der Waals surface area contributed by atoms with Crippen molar-refractivity contribution in [2.45, 2.75) is 45.2 Å². The lowest BCUT2D eigenvalue weighted by molar-refractivity contribution is -0.136. The maximum Gasteiger partial charge on any atom is 0.307 e. The van der Waals surface area contributed by atoms with Crippen LogP contribution in [0, 0.1) is 0 Å². The van der Waals surface area contributed by atoms with Gasteiger partial charge < -0.3 is 5.11 Å². The van der Waals surface area contributed by atoms with Gasteiger partial charge in [-0.15, -0.1) is 0 Å². The van der Waals surface area contributed by atoms with E-state index in [4.69, 9.17) is 5.11 Å². The maximum absolute atomic E-state index is 10.7. The number of rotatable bonds is 5. The van der Waals surface area contributed by atoms with Gasteiger partial charge in [-0.25, -0.2) is 0 Å². The van der Waals surface area contributed by atoms with E-state index < -0.39 is 14.8 Å². The molecule has 1 radical (unpaired) electrons. The number of carboxylic acid groups (broad SMARTS) is 1. The number of carbonyl (C=O) groups is 1. The topological polar surface area (TPSA) is 37.3 Å². The smallest absolute Gasteiger partial charge is 0.307 e. The van der Waals surface area contributed by atoms with E-state index in [9.17, 15) is 4.79 Å². The molecule has 0 aromatic heterocycles. The van der Waals surface area contributed by atoms with E-state index in [-0.39, 0.29) is 6.42 Å². The Kier molecular flexibility index (Phi) is 4.94. The van der Waals surface area contributed by atoms with Crippen molar-refractivity contribution in [3.05, 3.63) is 29.8 Å². The molecular weight excluding hydrogens is 228 g/mol. The minimum atomic E-state index is -0.759. The van der Waals surface area contributed by atoms with Crippen LogP contribution in [0.4, 0.5) is 0 Å². The molecule has 0 fully saturated rings. The largest absolute Gasteiger partial charge is 0.481 e. The van der Waals surface area contributed by atoms with Crippen LogP contribution in [0.25, 0.3) is 0 Å². The zero-order valence-electron chi connectivity index (χ0n) is 11.0. The predicted octanol–water partition coefficient (Wildman–Crippen LogP) is 2.84. The first-order valence-electron chi connectivity index (χ1n) is 6.09. The molecule has 0 bridgehead atoms. The molecule has 0 aliphatic rings. The first-order valence-corrected chi connectivity index (χ1v) is 7.75.